The fourth-order valence-electron chi connectivity index (χ4n) is 3.18. The highest BCUT2D eigenvalue weighted by Crippen LogP contribution is 2.44. The molecule has 1 aromatic rings. The molecule has 0 aliphatic heterocycles. The van der Waals surface area contributed by atoms with Crippen LogP contribution in [0.1, 0.15) is 44.4 Å². The zero-order valence-corrected chi connectivity index (χ0v) is 21.3. The number of carbonyl (C=O) groups is 1. The first-order valence-electron chi connectivity index (χ1n) is 9.68. The number of hydrogen-bond acceptors (Lipinski definition) is 4. The van der Waals surface area contributed by atoms with E-state index < -0.39 is 20.1 Å². The maximum atomic E-state index is 12.3. The number of aliphatic hydroxyl groups excluding tert-OH is 1. The molecule has 0 heterocycles. The van der Waals surface area contributed by atoms with Gasteiger partial charge in [-0.1, -0.05) is 63.2 Å². The van der Waals surface area contributed by atoms with Gasteiger partial charge >= 0.3 is 5.97 Å². The van der Waals surface area contributed by atoms with Crippen molar-refractivity contribution in [3.05, 3.63) is 39.1 Å². The summed E-state index contributed by atoms with van der Waals surface area (Å²) in [6, 6.07) is 4.32. The van der Waals surface area contributed by atoms with Gasteiger partial charge in [-0.25, -0.2) is 4.79 Å². The van der Waals surface area contributed by atoms with Crippen LogP contribution in [0.2, 0.25) is 18.1 Å². The van der Waals surface area contributed by atoms with Crippen molar-refractivity contribution in [1.82, 2.24) is 0 Å². The number of ether oxygens (including phenoxy) is 1. The SMILES string of the molecule is CCOC(=O)C(O)/C(=C(\Cl)CSc1c(C)cc(C)cc1C)[Si](C)(C)C(C)(C)C. The lowest BCUT2D eigenvalue weighted by Crippen LogP contribution is -2.47. The second-order valence-corrected chi connectivity index (χ2v) is 15.6. The van der Waals surface area contributed by atoms with E-state index in [1.807, 2.05) is 0 Å². The Hall–Kier alpha value is -0.753. The van der Waals surface area contributed by atoms with E-state index in [-0.39, 0.29) is 11.6 Å². The van der Waals surface area contributed by atoms with Crippen LogP contribution in [-0.2, 0) is 9.53 Å². The van der Waals surface area contributed by atoms with Gasteiger partial charge < -0.3 is 9.84 Å². The number of thioether (sulfide) groups is 1. The molecular weight excluding hydrogens is 408 g/mol. The van der Waals surface area contributed by atoms with Crippen molar-refractivity contribution in [1.29, 1.82) is 0 Å². The maximum Gasteiger partial charge on any atom is 0.338 e. The molecule has 6 heteroatoms. The molecule has 1 N–H and O–H groups in total. The fraction of sp³-hybridized carbons (Fsp3) is 0.591. The second-order valence-electron chi connectivity index (χ2n) is 8.86. The van der Waals surface area contributed by atoms with Crippen molar-refractivity contribution in [2.75, 3.05) is 12.4 Å². The number of halogens is 1. The van der Waals surface area contributed by atoms with E-state index >= 15 is 0 Å². The van der Waals surface area contributed by atoms with E-state index in [0.29, 0.717) is 16.0 Å². The van der Waals surface area contributed by atoms with Crippen molar-refractivity contribution < 1.29 is 14.6 Å². The number of aliphatic hydroxyl groups is 1. The maximum absolute atomic E-state index is 12.3. The lowest BCUT2D eigenvalue weighted by molar-refractivity contribution is -0.150. The van der Waals surface area contributed by atoms with Gasteiger partial charge in [0.15, 0.2) is 6.10 Å². The summed E-state index contributed by atoms with van der Waals surface area (Å²) in [5.41, 5.74) is 3.67. The average molecular weight is 443 g/mol. The molecule has 0 saturated carbocycles. The Kier molecular flexibility index (Phi) is 8.88. The Labute approximate surface area is 180 Å². The highest BCUT2D eigenvalue weighted by Gasteiger charge is 2.44. The molecule has 0 aliphatic rings. The molecular formula is C22H35ClO3SSi. The Bertz CT molecular complexity index is 728. The van der Waals surface area contributed by atoms with Crippen LogP contribution in [0.5, 0.6) is 0 Å². The molecule has 1 aromatic carbocycles. The van der Waals surface area contributed by atoms with Gasteiger partial charge in [0.2, 0.25) is 0 Å². The Morgan fingerprint density at radius 2 is 1.71 bits per heavy atom. The largest absolute Gasteiger partial charge is 0.464 e. The van der Waals surface area contributed by atoms with Crippen LogP contribution in [0.15, 0.2) is 27.3 Å². The average Bonchev–Trinajstić information content (AvgIpc) is 2.52. The molecule has 3 nitrogen and oxygen atoms in total. The molecule has 0 aromatic heterocycles. The number of carbonyl (C=O) groups excluding carboxylic acids is 1. The Morgan fingerprint density at radius 1 is 1.21 bits per heavy atom. The molecule has 28 heavy (non-hydrogen) atoms. The van der Waals surface area contributed by atoms with E-state index in [1.165, 1.54) is 21.6 Å². The van der Waals surface area contributed by atoms with E-state index in [9.17, 15) is 9.90 Å². The highest BCUT2D eigenvalue weighted by molar-refractivity contribution is 7.99. The molecule has 0 amide bonds. The van der Waals surface area contributed by atoms with Crippen LogP contribution in [0.4, 0.5) is 0 Å². The van der Waals surface area contributed by atoms with Crippen molar-refractivity contribution in [3.63, 3.8) is 0 Å². The minimum atomic E-state index is -2.24. The van der Waals surface area contributed by atoms with Crippen LogP contribution in [-0.4, -0.2) is 37.6 Å². The quantitative estimate of drug-likeness (QED) is 0.311. The summed E-state index contributed by atoms with van der Waals surface area (Å²) >= 11 is 8.45. The van der Waals surface area contributed by atoms with Crippen LogP contribution in [0.3, 0.4) is 0 Å². The minimum absolute atomic E-state index is 0.0731. The van der Waals surface area contributed by atoms with Crippen LogP contribution < -0.4 is 0 Å². The summed E-state index contributed by atoms with van der Waals surface area (Å²) in [4.78, 5) is 13.5. The van der Waals surface area contributed by atoms with Crippen molar-refractivity contribution >= 4 is 37.4 Å². The fourth-order valence-corrected chi connectivity index (χ4v) is 7.66. The molecule has 1 unspecified atom stereocenters. The van der Waals surface area contributed by atoms with Gasteiger partial charge in [-0.3, -0.25) is 0 Å². The predicted molar refractivity (Wildman–Crippen MR) is 124 cm³/mol. The Balaban J connectivity index is 3.34. The zero-order valence-electron chi connectivity index (χ0n) is 18.7. The van der Waals surface area contributed by atoms with E-state index in [0.717, 1.165) is 0 Å². The summed E-state index contributed by atoms with van der Waals surface area (Å²) in [5.74, 6) is -0.0990. The number of hydrogen-bond donors (Lipinski definition) is 1. The molecule has 0 bridgehead atoms. The lowest BCUT2D eigenvalue weighted by atomic mass is 10.1. The van der Waals surface area contributed by atoms with E-state index in [1.54, 1.807) is 18.7 Å². The molecule has 0 fully saturated rings. The first kappa shape index (κ1) is 25.3. The van der Waals surface area contributed by atoms with Gasteiger partial charge in [0.1, 0.15) is 0 Å². The number of aryl methyl sites for hydroxylation is 3. The smallest absolute Gasteiger partial charge is 0.338 e. The third kappa shape index (κ3) is 5.88. The topological polar surface area (TPSA) is 46.5 Å². The summed E-state index contributed by atoms with van der Waals surface area (Å²) < 4.78 is 5.09. The molecule has 0 spiro atoms. The van der Waals surface area contributed by atoms with Crippen LogP contribution >= 0.6 is 23.4 Å². The van der Waals surface area contributed by atoms with Crippen molar-refractivity contribution in [2.24, 2.45) is 0 Å². The zero-order chi connectivity index (χ0) is 21.9. The number of rotatable bonds is 7. The Morgan fingerprint density at radius 3 is 2.14 bits per heavy atom. The standard InChI is InChI=1S/C22H35ClO3SSi/c1-10-26-21(25)18(24)20(28(8,9)22(5,6)7)17(23)13-27-19-15(3)11-14(2)12-16(19)4/h11-12,18,24H,10,13H2,1-9H3/b20-17+. The lowest BCUT2D eigenvalue weighted by Gasteiger charge is -2.41. The number of benzene rings is 1. The van der Waals surface area contributed by atoms with Crippen molar-refractivity contribution in [3.8, 4) is 0 Å². The van der Waals surface area contributed by atoms with Gasteiger partial charge in [-0.15, -0.1) is 11.8 Å². The van der Waals surface area contributed by atoms with Gasteiger partial charge in [-0.2, -0.15) is 0 Å². The molecule has 0 saturated heterocycles. The summed E-state index contributed by atoms with van der Waals surface area (Å²) in [7, 11) is -2.24. The first-order chi connectivity index (χ1) is 12.7. The summed E-state index contributed by atoms with van der Waals surface area (Å²) in [6.07, 6.45) is -1.31. The third-order valence-corrected chi connectivity index (χ3v) is 13.3. The number of esters is 1. The van der Waals surface area contributed by atoms with Crippen LogP contribution in [0.25, 0.3) is 0 Å². The molecule has 158 valence electrons. The molecule has 0 radical (unpaired) electrons. The van der Waals surface area contributed by atoms with Gasteiger partial charge in [-0.05, 0) is 49.1 Å². The second kappa shape index (κ2) is 9.83. The van der Waals surface area contributed by atoms with E-state index in [4.69, 9.17) is 16.3 Å². The first-order valence-corrected chi connectivity index (χ1v) is 14.0. The van der Waals surface area contributed by atoms with Crippen molar-refractivity contribution in [2.45, 2.75) is 77.6 Å². The molecule has 0 aliphatic carbocycles. The monoisotopic (exact) mass is 442 g/mol. The normalized spacial score (nSPS) is 14.5. The van der Waals surface area contributed by atoms with Gasteiger partial charge in [0.25, 0.3) is 0 Å². The highest BCUT2D eigenvalue weighted by atomic mass is 35.5. The molecule has 1 atom stereocenters. The summed E-state index contributed by atoms with van der Waals surface area (Å²) in [5, 5.41) is 12.0. The van der Waals surface area contributed by atoms with Gasteiger partial charge in [0, 0.05) is 15.7 Å². The molecule has 1 rings (SSSR count). The van der Waals surface area contributed by atoms with E-state index in [2.05, 4.69) is 66.8 Å². The van der Waals surface area contributed by atoms with Gasteiger partial charge in [0.05, 0.1) is 14.7 Å². The minimum Gasteiger partial charge on any atom is -0.464 e. The van der Waals surface area contributed by atoms with Crippen LogP contribution in [0, 0.1) is 20.8 Å². The summed E-state index contributed by atoms with van der Waals surface area (Å²) in [6.45, 7) is 19.0. The predicted octanol–water partition coefficient (Wildman–Crippen LogP) is 6.17. The third-order valence-electron chi connectivity index (χ3n) is 5.57.